The minimum Gasteiger partial charge on any atom is -0.447 e. The summed E-state index contributed by atoms with van der Waals surface area (Å²) in [7, 11) is -1.75. The molecule has 1 aromatic carbocycles. The van der Waals surface area contributed by atoms with Gasteiger partial charge >= 0.3 is 13.2 Å². The summed E-state index contributed by atoms with van der Waals surface area (Å²) in [4.78, 5) is 27.0. The summed E-state index contributed by atoms with van der Waals surface area (Å²) in [6.45, 7) is 8.48. The zero-order valence-corrected chi connectivity index (χ0v) is 19.3. The van der Waals surface area contributed by atoms with E-state index >= 15 is 0 Å². The van der Waals surface area contributed by atoms with E-state index in [1.807, 2.05) is 58.0 Å². The number of carbonyl (C=O) groups is 2. The van der Waals surface area contributed by atoms with Crippen molar-refractivity contribution in [3.63, 3.8) is 0 Å². The molecular formula is C23H34BN3O5. The normalized spacial score (nSPS) is 20.2. The second-order valence-corrected chi connectivity index (χ2v) is 9.88. The average molecular weight is 443 g/mol. The van der Waals surface area contributed by atoms with Crippen LogP contribution in [0.4, 0.5) is 4.79 Å². The number of benzene rings is 1. The van der Waals surface area contributed by atoms with Gasteiger partial charge in [0.2, 0.25) is 5.91 Å². The summed E-state index contributed by atoms with van der Waals surface area (Å²) in [6, 6.07) is 11.0. The zero-order valence-electron chi connectivity index (χ0n) is 19.3. The van der Waals surface area contributed by atoms with Crippen molar-refractivity contribution < 1.29 is 24.4 Å². The Kier molecular flexibility index (Phi) is 9.11. The van der Waals surface area contributed by atoms with Crippen molar-refractivity contribution >= 4 is 19.1 Å². The molecular weight excluding hydrogens is 409 g/mol. The molecule has 0 aromatic heterocycles. The summed E-state index contributed by atoms with van der Waals surface area (Å²) < 4.78 is 5.34. The minimum atomic E-state index is -1.75. The molecule has 1 aromatic rings. The van der Waals surface area contributed by atoms with Crippen LogP contribution in [0.25, 0.3) is 0 Å². The van der Waals surface area contributed by atoms with Crippen LogP contribution in [0.2, 0.25) is 0 Å². The van der Waals surface area contributed by atoms with E-state index in [4.69, 9.17) is 4.74 Å². The van der Waals surface area contributed by atoms with Crippen LogP contribution in [0.3, 0.4) is 0 Å². The van der Waals surface area contributed by atoms with Crippen LogP contribution >= 0.6 is 0 Å². The van der Waals surface area contributed by atoms with Gasteiger partial charge in [-0.25, -0.2) is 4.79 Å². The SMILES string of the molecule is C[C@H]1C[C@H](COC(=O)N[C@@H](Cc2ccccc2)B(O)O)N(C(=O)C(C#N)CC(C)(C)C)C1. The Labute approximate surface area is 190 Å². The number of hydrogen-bond acceptors (Lipinski definition) is 6. The highest BCUT2D eigenvalue weighted by Crippen LogP contribution is 2.29. The zero-order chi connectivity index (χ0) is 23.9. The Balaban J connectivity index is 1.95. The summed E-state index contributed by atoms with van der Waals surface area (Å²) in [5.41, 5.74) is 0.681. The van der Waals surface area contributed by atoms with E-state index < -0.39 is 25.1 Å². The molecule has 1 heterocycles. The van der Waals surface area contributed by atoms with Gasteiger partial charge in [-0.05, 0) is 36.2 Å². The molecule has 0 spiro atoms. The van der Waals surface area contributed by atoms with Crippen LogP contribution in [0, 0.1) is 28.6 Å². The van der Waals surface area contributed by atoms with Crippen LogP contribution in [0.1, 0.15) is 46.1 Å². The highest BCUT2D eigenvalue weighted by Gasteiger charge is 2.38. The molecule has 0 aliphatic carbocycles. The highest BCUT2D eigenvalue weighted by molar-refractivity contribution is 6.43. The van der Waals surface area contributed by atoms with E-state index in [0.717, 1.165) is 5.56 Å². The van der Waals surface area contributed by atoms with Crippen molar-refractivity contribution in [2.75, 3.05) is 13.2 Å². The largest absolute Gasteiger partial charge is 0.475 e. The van der Waals surface area contributed by atoms with Gasteiger partial charge in [-0.2, -0.15) is 5.26 Å². The van der Waals surface area contributed by atoms with Crippen LogP contribution in [0.15, 0.2) is 30.3 Å². The maximum absolute atomic E-state index is 13.0. The van der Waals surface area contributed by atoms with Crippen LogP contribution < -0.4 is 5.32 Å². The van der Waals surface area contributed by atoms with Crippen molar-refractivity contribution in [3.8, 4) is 6.07 Å². The van der Waals surface area contributed by atoms with Gasteiger partial charge < -0.3 is 25.0 Å². The van der Waals surface area contributed by atoms with Crippen LogP contribution in [-0.4, -0.2) is 59.2 Å². The third-order valence-corrected chi connectivity index (χ3v) is 5.55. The number of ether oxygens (including phenoxy) is 1. The number of hydrogen-bond donors (Lipinski definition) is 3. The molecule has 1 unspecified atom stereocenters. The second-order valence-electron chi connectivity index (χ2n) is 9.88. The van der Waals surface area contributed by atoms with E-state index in [-0.39, 0.29) is 36.3 Å². The Morgan fingerprint density at radius 2 is 1.97 bits per heavy atom. The van der Waals surface area contributed by atoms with E-state index in [1.54, 1.807) is 4.90 Å². The number of nitriles is 1. The molecule has 2 rings (SSSR count). The monoisotopic (exact) mass is 443 g/mol. The molecule has 8 nitrogen and oxygen atoms in total. The Hall–Kier alpha value is -2.57. The van der Waals surface area contributed by atoms with Gasteiger partial charge in [-0.3, -0.25) is 4.79 Å². The van der Waals surface area contributed by atoms with Crippen molar-refractivity contribution in [3.05, 3.63) is 35.9 Å². The van der Waals surface area contributed by atoms with Crippen LogP contribution in [-0.2, 0) is 16.0 Å². The topological polar surface area (TPSA) is 123 Å². The van der Waals surface area contributed by atoms with E-state index in [1.165, 1.54) is 0 Å². The first-order valence-corrected chi connectivity index (χ1v) is 11.0. The number of rotatable bonds is 8. The fraction of sp³-hybridized carbons (Fsp3) is 0.609. The van der Waals surface area contributed by atoms with E-state index in [2.05, 4.69) is 11.4 Å². The number of alkyl carbamates (subject to hydrolysis) is 1. The molecule has 2 amide bonds. The van der Waals surface area contributed by atoms with Gasteiger partial charge in [0.05, 0.1) is 18.1 Å². The first-order valence-electron chi connectivity index (χ1n) is 11.0. The van der Waals surface area contributed by atoms with Crippen molar-refractivity contribution in [2.24, 2.45) is 17.3 Å². The van der Waals surface area contributed by atoms with Crippen molar-refractivity contribution in [1.29, 1.82) is 5.26 Å². The number of nitrogens with zero attached hydrogens (tertiary/aromatic N) is 2. The number of carbonyl (C=O) groups excluding carboxylic acids is 2. The van der Waals surface area contributed by atoms with E-state index in [9.17, 15) is 24.9 Å². The summed E-state index contributed by atoms with van der Waals surface area (Å²) in [5.74, 6) is -1.67. The fourth-order valence-electron chi connectivity index (χ4n) is 4.04. The molecule has 0 bridgehead atoms. The Bertz CT molecular complexity index is 806. The predicted molar refractivity (Wildman–Crippen MR) is 121 cm³/mol. The van der Waals surface area contributed by atoms with Gasteiger partial charge in [0.1, 0.15) is 12.5 Å². The predicted octanol–water partition coefficient (Wildman–Crippen LogP) is 2.15. The van der Waals surface area contributed by atoms with E-state index in [0.29, 0.717) is 19.4 Å². The molecule has 9 heteroatoms. The molecule has 32 heavy (non-hydrogen) atoms. The number of nitrogens with one attached hydrogen (secondary N) is 1. The first-order chi connectivity index (χ1) is 15.0. The smallest absolute Gasteiger partial charge is 0.447 e. The third kappa shape index (κ3) is 7.84. The van der Waals surface area contributed by atoms with Gasteiger partial charge in [0, 0.05) is 6.54 Å². The maximum atomic E-state index is 13.0. The lowest BCUT2D eigenvalue weighted by molar-refractivity contribution is -0.136. The van der Waals surface area contributed by atoms with Gasteiger partial charge in [0.25, 0.3) is 0 Å². The van der Waals surface area contributed by atoms with Crippen molar-refractivity contribution in [1.82, 2.24) is 10.2 Å². The quantitative estimate of drug-likeness (QED) is 0.529. The third-order valence-electron chi connectivity index (χ3n) is 5.55. The fourth-order valence-corrected chi connectivity index (χ4v) is 4.04. The van der Waals surface area contributed by atoms with Gasteiger partial charge in [0.15, 0.2) is 0 Å². The molecule has 174 valence electrons. The number of likely N-dealkylation sites (tertiary alicyclic amines) is 1. The lowest BCUT2D eigenvalue weighted by Gasteiger charge is -2.29. The summed E-state index contributed by atoms with van der Waals surface area (Å²) in [6.07, 6.45) is 0.576. The molecule has 1 saturated heterocycles. The van der Waals surface area contributed by atoms with Crippen molar-refractivity contribution in [2.45, 2.75) is 58.9 Å². The molecule has 1 aliphatic heterocycles. The molecule has 3 N–H and O–H groups in total. The molecule has 0 radical (unpaired) electrons. The Morgan fingerprint density at radius 3 is 2.53 bits per heavy atom. The molecule has 1 aliphatic rings. The lowest BCUT2D eigenvalue weighted by Crippen LogP contribution is -2.49. The molecule has 1 fully saturated rings. The van der Waals surface area contributed by atoms with Gasteiger partial charge in [-0.15, -0.1) is 0 Å². The van der Waals surface area contributed by atoms with Gasteiger partial charge in [-0.1, -0.05) is 58.0 Å². The second kappa shape index (κ2) is 11.3. The Morgan fingerprint density at radius 1 is 1.31 bits per heavy atom. The first kappa shape index (κ1) is 25.7. The molecule has 0 saturated carbocycles. The highest BCUT2D eigenvalue weighted by atomic mass is 16.5. The standard InChI is InChI=1S/C23H34BN3O5/c1-16-10-19(27(14-16)21(28)18(13-25)12-23(2,3)4)15-32-22(29)26-20(24(30)31)11-17-8-6-5-7-9-17/h5-9,16,18-20,30-31H,10-12,14-15H2,1-4H3,(H,26,29)/t16-,18?,19+,20-/m0/s1. The average Bonchev–Trinajstić information content (AvgIpc) is 3.10. The summed E-state index contributed by atoms with van der Waals surface area (Å²) >= 11 is 0. The number of amides is 2. The maximum Gasteiger partial charge on any atom is 0.475 e. The minimum absolute atomic E-state index is 0.0187. The van der Waals surface area contributed by atoms with Crippen LogP contribution in [0.5, 0.6) is 0 Å². The lowest BCUT2D eigenvalue weighted by atomic mass is 9.76. The summed E-state index contributed by atoms with van der Waals surface area (Å²) in [5, 5.41) is 31.3. The molecule has 4 atom stereocenters.